The van der Waals surface area contributed by atoms with Crippen molar-refractivity contribution in [2.75, 3.05) is 37.4 Å². The molecule has 1 aromatic rings. The molecule has 0 spiro atoms. The molecule has 2 rings (SSSR count). The molecule has 1 aliphatic rings. The van der Waals surface area contributed by atoms with Gasteiger partial charge in [0.15, 0.2) is 0 Å². The van der Waals surface area contributed by atoms with Crippen molar-refractivity contribution in [1.29, 1.82) is 0 Å². The van der Waals surface area contributed by atoms with E-state index in [4.69, 9.17) is 0 Å². The molecule has 0 radical (unpaired) electrons. The summed E-state index contributed by atoms with van der Waals surface area (Å²) in [5.74, 6) is 1.91. The number of hydrogen-bond acceptors (Lipinski definition) is 5. The maximum atomic E-state index is 4.39. The molecule has 0 saturated carbocycles. The summed E-state index contributed by atoms with van der Waals surface area (Å²) in [6.07, 6.45) is 5.43. The summed E-state index contributed by atoms with van der Waals surface area (Å²) < 4.78 is 0. The van der Waals surface area contributed by atoms with E-state index in [0.29, 0.717) is 6.04 Å². The molecule has 94 valence electrons. The Morgan fingerprint density at radius 2 is 2.24 bits per heavy atom. The topological polar surface area (TPSA) is 53.1 Å². The average Bonchev–Trinajstić information content (AvgIpc) is 2.40. The maximum absolute atomic E-state index is 4.39. The molecule has 0 bridgehead atoms. The molecule has 17 heavy (non-hydrogen) atoms. The molecule has 2 heterocycles. The quantitative estimate of drug-likeness (QED) is 0.818. The van der Waals surface area contributed by atoms with Crippen LogP contribution in [0.5, 0.6) is 0 Å². The number of likely N-dealkylation sites (N-methyl/N-ethyl adjacent to an activating group) is 1. The van der Waals surface area contributed by atoms with Crippen molar-refractivity contribution in [1.82, 2.24) is 15.3 Å². The number of aromatic nitrogens is 2. The van der Waals surface area contributed by atoms with Crippen LogP contribution in [0.15, 0.2) is 12.4 Å². The highest BCUT2D eigenvalue weighted by Crippen LogP contribution is 2.23. The second-order valence-corrected chi connectivity index (χ2v) is 4.41. The van der Waals surface area contributed by atoms with E-state index >= 15 is 0 Å². The SMILES string of the molecule is CNCC1CCCCN1c1cc(NC)ncn1. The molecule has 1 aliphatic heterocycles. The summed E-state index contributed by atoms with van der Waals surface area (Å²) in [6.45, 7) is 2.10. The van der Waals surface area contributed by atoms with E-state index in [1.807, 2.05) is 20.2 Å². The third-order valence-electron chi connectivity index (χ3n) is 3.27. The van der Waals surface area contributed by atoms with Crippen molar-refractivity contribution in [2.45, 2.75) is 25.3 Å². The van der Waals surface area contributed by atoms with E-state index in [0.717, 1.165) is 24.7 Å². The van der Waals surface area contributed by atoms with E-state index in [1.165, 1.54) is 19.3 Å². The van der Waals surface area contributed by atoms with Crippen LogP contribution >= 0.6 is 0 Å². The first-order valence-corrected chi connectivity index (χ1v) is 6.26. The summed E-state index contributed by atoms with van der Waals surface area (Å²) in [6, 6.07) is 2.57. The third-order valence-corrected chi connectivity index (χ3v) is 3.27. The lowest BCUT2D eigenvalue weighted by Gasteiger charge is -2.36. The lowest BCUT2D eigenvalue weighted by molar-refractivity contribution is 0.443. The molecule has 0 amide bonds. The van der Waals surface area contributed by atoms with Crippen molar-refractivity contribution >= 4 is 11.6 Å². The van der Waals surface area contributed by atoms with Gasteiger partial charge in [-0.15, -0.1) is 0 Å². The van der Waals surface area contributed by atoms with Gasteiger partial charge in [0.25, 0.3) is 0 Å². The minimum atomic E-state index is 0.549. The Balaban J connectivity index is 2.16. The summed E-state index contributed by atoms with van der Waals surface area (Å²) in [5.41, 5.74) is 0. The van der Waals surface area contributed by atoms with Crippen molar-refractivity contribution < 1.29 is 0 Å². The van der Waals surface area contributed by atoms with Gasteiger partial charge in [-0.25, -0.2) is 9.97 Å². The summed E-state index contributed by atoms with van der Waals surface area (Å²) in [5, 5.41) is 6.32. The molecule has 1 fully saturated rings. The molecule has 0 aromatic carbocycles. The first kappa shape index (κ1) is 12.1. The van der Waals surface area contributed by atoms with Crippen LogP contribution in [0.1, 0.15) is 19.3 Å². The van der Waals surface area contributed by atoms with Crippen LogP contribution in [0, 0.1) is 0 Å². The van der Waals surface area contributed by atoms with Crippen molar-refractivity contribution in [3.05, 3.63) is 12.4 Å². The van der Waals surface area contributed by atoms with Crippen LogP contribution in [-0.4, -0.2) is 43.2 Å². The minimum Gasteiger partial charge on any atom is -0.373 e. The number of piperidine rings is 1. The Morgan fingerprint density at radius 1 is 1.35 bits per heavy atom. The zero-order chi connectivity index (χ0) is 12.1. The summed E-state index contributed by atoms with van der Waals surface area (Å²) in [7, 11) is 3.89. The fourth-order valence-corrected chi connectivity index (χ4v) is 2.39. The highest BCUT2D eigenvalue weighted by Gasteiger charge is 2.23. The van der Waals surface area contributed by atoms with Gasteiger partial charge in [0, 0.05) is 32.2 Å². The van der Waals surface area contributed by atoms with Gasteiger partial charge in [-0.1, -0.05) is 0 Å². The fraction of sp³-hybridized carbons (Fsp3) is 0.667. The van der Waals surface area contributed by atoms with E-state index < -0.39 is 0 Å². The van der Waals surface area contributed by atoms with Crippen LogP contribution in [-0.2, 0) is 0 Å². The zero-order valence-electron chi connectivity index (χ0n) is 10.6. The standard InChI is InChI=1S/C12H21N5/c1-13-8-10-5-3-4-6-17(10)12-7-11(14-2)15-9-16-12/h7,9-10,13H,3-6,8H2,1-2H3,(H,14,15,16). The van der Waals surface area contributed by atoms with Gasteiger partial charge < -0.3 is 15.5 Å². The summed E-state index contributed by atoms with van der Waals surface area (Å²) in [4.78, 5) is 10.9. The predicted octanol–water partition coefficient (Wildman–Crippen LogP) is 1.10. The number of nitrogens with zero attached hydrogens (tertiary/aromatic N) is 3. The van der Waals surface area contributed by atoms with Gasteiger partial charge >= 0.3 is 0 Å². The van der Waals surface area contributed by atoms with Crippen molar-refractivity contribution in [3.8, 4) is 0 Å². The van der Waals surface area contributed by atoms with E-state index in [9.17, 15) is 0 Å². The van der Waals surface area contributed by atoms with Crippen LogP contribution in [0.25, 0.3) is 0 Å². The van der Waals surface area contributed by atoms with Gasteiger partial charge in [-0.05, 0) is 26.3 Å². The van der Waals surface area contributed by atoms with E-state index in [1.54, 1.807) is 6.33 Å². The van der Waals surface area contributed by atoms with Crippen molar-refractivity contribution in [2.24, 2.45) is 0 Å². The van der Waals surface area contributed by atoms with E-state index in [-0.39, 0.29) is 0 Å². The Labute approximate surface area is 103 Å². The van der Waals surface area contributed by atoms with Gasteiger partial charge in [-0.2, -0.15) is 0 Å². The Kier molecular flexibility index (Phi) is 4.14. The van der Waals surface area contributed by atoms with Crippen LogP contribution in [0.4, 0.5) is 11.6 Å². The van der Waals surface area contributed by atoms with Gasteiger partial charge in [0.05, 0.1) is 0 Å². The molecular weight excluding hydrogens is 214 g/mol. The molecule has 2 N–H and O–H groups in total. The molecule has 1 unspecified atom stereocenters. The number of nitrogens with one attached hydrogen (secondary N) is 2. The largest absolute Gasteiger partial charge is 0.373 e. The monoisotopic (exact) mass is 235 g/mol. The number of anilines is 2. The number of rotatable bonds is 4. The third kappa shape index (κ3) is 2.85. The zero-order valence-corrected chi connectivity index (χ0v) is 10.6. The molecule has 5 heteroatoms. The van der Waals surface area contributed by atoms with Crippen molar-refractivity contribution in [3.63, 3.8) is 0 Å². The smallest absolute Gasteiger partial charge is 0.134 e. The second kappa shape index (κ2) is 5.82. The maximum Gasteiger partial charge on any atom is 0.134 e. The number of hydrogen-bond donors (Lipinski definition) is 2. The predicted molar refractivity (Wildman–Crippen MR) is 70.5 cm³/mol. The molecule has 1 saturated heterocycles. The van der Waals surface area contributed by atoms with Gasteiger partial charge in [-0.3, -0.25) is 0 Å². The lowest BCUT2D eigenvalue weighted by atomic mass is 10.0. The minimum absolute atomic E-state index is 0.549. The lowest BCUT2D eigenvalue weighted by Crippen LogP contribution is -2.45. The molecule has 5 nitrogen and oxygen atoms in total. The first-order valence-electron chi connectivity index (χ1n) is 6.26. The van der Waals surface area contributed by atoms with Gasteiger partial charge in [0.2, 0.25) is 0 Å². The van der Waals surface area contributed by atoms with Crippen LogP contribution in [0.2, 0.25) is 0 Å². The molecule has 1 atom stereocenters. The summed E-state index contributed by atoms with van der Waals surface area (Å²) >= 11 is 0. The van der Waals surface area contributed by atoms with Gasteiger partial charge in [0.1, 0.15) is 18.0 Å². The first-order chi connectivity index (χ1) is 8.35. The molecule has 0 aliphatic carbocycles. The molecular formula is C12H21N5. The average molecular weight is 235 g/mol. The fourth-order valence-electron chi connectivity index (χ4n) is 2.39. The van der Waals surface area contributed by atoms with Crippen LogP contribution in [0.3, 0.4) is 0 Å². The highest BCUT2D eigenvalue weighted by molar-refractivity contribution is 5.49. The Bertz CT molecular complexity index is 353. The molecule has 1 aromatic heterocycles. The normalized spacial score (nSPS) is 20.4. The highest BCUT2D eigenvalue weighted by atomic mass is 15.2. The Morgan fingerprint density at radius 3 is 3.00 bits per heavy atom. The Hall–Kier alpha value is -1.36. The second-order valence-electron chi connectivity index (χ2n) is 4.41. The van der Waals surface area contributed by atoms with Crippen LogP contribution < -0.4 is 15.5 Å². The van der Waals surface area contributed by atoms with E-state index in [2.05, 4.69) is 25.5 Å².